The molecule has 0 rings (SSSR count). The van der Waals surface area contributed by atoms with Gasteiger partial charge in [0.25, 0.3) is 0 Å². The number of hydrogen-bond acceptors (Lipinski definition) is 4. The maximum Gasteiger partial charge on any atom is 0.306 e. The zero-order valence-corrected chi connectivity index (χ0v) is 9.25. The Morgan fingerprint density at radius 2 is 1.57 bits per heavy atom. The zero-order chi connectivity index (χ0) is 11.2. The highest BCUT2D eigenvalue weighted by atomic mass is 16.5. The molecule has 0 saturated heterocycles. The molecule has 0 spiro atoms. The first-order chi connectivity index (χ1) is 6.35. The van der Waals surface area contributed by atoms with Crippen molar-refractivity contribution in [3.05, 3.63) is 0 Å². The van der Waals surface area contributed by atoms with Crippen LogP contribution in [0.2, 0.25) is 0 Å². The Kier molecular flexibility index (Phi) is 5.20. The van der Waals surface area contributed by atoms with Crippen molar-refractivity contribution in [3.8, 4) is 0 Å². The van der Waals surface area contributed by atoms with Gasteiger partial charge < -0.3 is 9.47 Å². The molecule has 0 amide bonds. The van der Waals surface area contributed by atoms with Crippen LogP contribution in [0.4, 0.5) is 0 Å². The third-order valence-corrected chi connectivity index (χ3v) is 1.43. The van der Waals surface area contributed by atoms with Crippen LogP contribution in [-0.4, -0.2) is 25.7 Å². The lowest BCUT2D eigenvalue weighted by Crippen LogP contribution is -2.18. The highest BCUT2D eigenvalue weighted by molar-refractivity contribution is 5.77. The number of ether oxygens (including phenoxy) is 2. The Morgan fingerprint density at radius 1 is 1.07 bits per heavy atom. The van der Waals surface area contributed by atoms with Crippen molar-refractivity contribution in [1.82, 2.24) is 0 Å². The van der Waals surface area contributed by atoms with Crippen molar-refractivity contribution in [3.63, 3.8) is 0 Å². The number of rotatable bonds is 4. The smallest absolute Gasteiger partial charge is 0.306 e. The summed E-state index contributed by atoms with van der Waals surface area (Å²) < 4.78 is 9.35. The van der Waals surface area contributed by atoms with Crippen LogP contribution in [0.15, 0.2) is 0 Å². The molecule has 82 valence electrons. The van der Waals surface area contributed by atoms with E-state index >= 15 is 0 Å². The average molecular weight is 202 g/mol. The SMILES string of the molecule is COC(=O)CCC(=O)OCC(C)(C)C. The van der Waals surface area contributed by atoms with E-state index in [-0.39, 0.29) is 24.2 Å². The quantitative estimate of drug-likeness (QED) is 0.649. The summed E-state index contributed by atoms with van der Waals surface area (Å²) in [6.07, 6.45) is 0.169. The second-order valence-corrected chi connectivity index (χ2v) is 4.30. The lowest BCUT2D eigenvalue weighted by atomic mass is 9.99. The molecule has 0 aliphatic rings. The maximum absolute atomic E-state index is 11.1. The number of esters is 2. The van der Waals surface area contributed by atoms with E-state index in [1.165, 1.54) is 7.11 Å². The molecule has 0 unspecified atom stereocenters. The highest BCUT2D eigenvalue weighted by Crippen LogP contribution is 2.13. The summed E-state index contributed by atoms with van der Waals surface area (Å²) in [6.45, 7) is 6.29. The van der Waals surface area contributed by atoms with Crippen LogP contribution in [0.1, 0.15) is 33.6 Å². The van der Waals surface area contributed by atoms with Crippen molar-refractivity contribution in [2.45, 2.75) is 33.6 Å². The molecule has 0 N–H and O–H groups in total. The van der Waals surface area contributed by atoms with Crippen LogP contribution in [0.5, 0.6) is 0 Å². The van der Waals surface area contributed by atoms with Crippen LogP contribution in [-0.2, 0) is 19.1 Å². The average Bonchev–Trinajstić information content (AvgIpc) is 2.09. The van der Waals surface area contributed by atoms with Gasteiger partial charge in [-0.3, -0.25) is 9.59 Å². The second-order valence-electron chi connectivity index (χ2n) is 4.30. The lowest BCUT2D eigenvalue weighted by Gasteiger charge is -2.17. The van der Waals surface area contributed by atoms with Gasteiger partial charge in [-0.05, 0) is 5.41 Å². The minimum Gasteiger partial charge on any atom is -0.469 e. The standard InChI is InChI=1S/C10H18O4/c1-10(2,3)7-14-9(12)6-5-8(11)13-4/h5-7H2,1-4H3. The van der Waals surface area contributed by atoms with Crippen molar-refractivity contribution in [2.24, 2.45) is 5.41 Å². The Hall–Kier alpha value is -1.06. The Bertz CT molecular complexity index is 203. The molecule has 0 bridgehead atoms. The van der Waals surface area contributed by atoms with Crippen LogP contribution in [0.25, 0.3) is 0 Å². The molecular formula is C10H18O4. The maximum atomic E-state index is 11.1. The first-order valence-electron chi connectivity index (χ1n) is 4.57. The summed E-state index contributed by atoms with van der Waals surface area (Å²) >= 11 is 0. The predicted molar refractivity (Wildman–Crippen MR) is 51.7 cm³/mol. The third kappa shape index (κ3) is 7.58. The topological polar surface area (TPSA) is 52.6 Å². The molecule has 0 aliphatic carbocycles. The molecule has 4 heteroatoms. The van der Waals surface area contributed by atoms with E-state index in [4.69, 9.17) is 4.74 Å². The van der Waals surface area contributed by atoms with Gasteiger partial charge in [-0.15, -0.1) is 0 Å². The largest absolute Gasteiger partial charge is 0.469 e. The predicted octanol–water partition coefficient (Wildman–Crippen LogP) is 1.53. The van der Waals surface area contributed by atoms with Crippen LogP contribution >= 0.6 is 0 Å². The van der Waals surface area contributed by atoms with Crippen molar-refractivity contribution in [1.29, 1.82) is 0 Å². The second kappa shape index (κ2) is 5.62. The number of carbonyl (C=O) groups excluding carboxylic acids is 2. The number of carbonyl (C=O) groups is 2. The van der Waals surface area contributed by atoms with Crippen LogP contribution in [0.3, 0.4) is 0 Å². The van der Waals surface area contributed by atoms with Gasteiger partial charge in [-0.2, -0.15) is 0 Å². The zero-order valence-electron chi connectivity index (χ0n) is 9.25. The highest BCUT2D eigenvalue weighted by Gasteiger charge is 2.14. The summed E-state index contributed by atoms with van der Waals surface area (Å²) in [4.78, 5) is 21.8. The Balaban J connectivity index is 3.62. The van der Waals surface area contributed by atoms with E-state index < -0.39 is 5.97 Å². The first kappa shape index (κ1) is 12.9. The molecule has 0 fully saturated rings. The number of methoxy groups -OCH3 is 1. The van der Waals surface area contributed by atoms with Gasteiger partial charge in [0.15, 0.2) is 0 Å². The van der Waals surface area contributed by atoms with Gasteiger partial charge >= 0.3 is 11.9 Å². The van der Waals surface area contributed by atoms with Gasteiger partial charge in [-0.25, -0.2) is 0 Å². The van der Waals surface area contributed by atoms with Crippen molar-refractivity contribution < 1.29 is 19.1 Å². The van der Waals surface area contributed by atoms with E-state index in [0.717, 1.165) is 0 Å². The van der Waals surface area contributed by atoms with Crippen LogP contribution < -0.4 is 0 Å². The normalized spacial score (nSPS) is 10.9. The van der Waals surface area contributed by atoms with Crippen molar-refractivity contribution in [2.75, 3.05) is 13.7 Å². The van der Waals surface area contributed by atoms with Crippen molar-refractivity contribution >= 4 is 11.9 Å². The molecule has 0 aliphatic heterocycles. The van der Waals surface area contributed by atoms with Gasteiger partial charge in [0, 0.05) is 0 Å². The van der Waals surface area contributed by atoms with E-state index in [1.54, 1.807) is 0 Å². The summed E-state index contributed by atoms with van der Waals surface area (Å²) in [6, 6.07) is 0. The Labute approximate surface area is 84.6 Å². The summed E-state index contributed by atoms with van der Waals surface area (Å²) in [5.41, 5.74) is -0.0407. The first-order valence-corrected chi connectivity index (χ1v) is 4.57. The van der Waals surface area contributed by atoms with E-state index in [9.17, 15) is 9.59 Å². The molecular weight excluding hydrogens is 184 g/mol. The molecule has 4 nitrogen and oxygen atoms in total. The molecule has 0 radical (unpaired) electrons. The molecule has 0 aromatic carbocycles. The monoisotopic (exact) mass is 202 g/mol. The fourth-order valence-electron chi connectivity index (χ4n) is 0.675. The number of hydrogen-bond donors (Lipinski definition) is 0. The molecule has 0 aromatic rings. The van der Waals surface area contributed by atoms with Gasteiger partial charge in [0.2, 0.25) is 0 Å². The fraction of sp³-hybridized carbons (Fsp3) is 0.800. The van der Waals surface area contributed by atoms with E-state index in [0.29, 0.717) is 6.61 Å². The molecule has 0 heterocycles. The van der Waals surface area contributed by atoms with Gasteiger partial charge in [0.05, 0.1) is 26.6 Å². The summed E-state index contributed by atoms with van der Waals surface area (Å²) in [5.74, 6) is -0.747. The molecule has 0 saturated carbocycles. The third-order valence-electron chi connectivity index (χ3n) is 1.43. The minimum atomic E-state index is -0.391. The minimum absolute atomic E-state index is 0.0407. The fourth-order valence-corrected chi connectivity index (χ4v) is 0.675. The summed E-state index contributed by atoms with van der Waals surface area (Å²) in [5, 5.41) is 0. The lowest BCUT2D eigenvalue weighted by molar-refractivity contribution is -0.150. The van der Waals surface area contributed by atoms with Gasteiger partial charge in [0.1, 0.15) is 0 Å². The Morgan fingerprint density at radius 3 is 2.00 bits per heavy atom. The van der Waals surface area contributed by atoms with Gasteiger partial charge in [-0.1, -0.05) is 20.8 Å². The van der Waals surface area contributed by atoms with Crippen LogP contribution in [0, 0.1) is 5.41 Å². The molecule has 14 heavy (non-hydrogen) atoms. The molecule has 0 atom stereocenters. The molecule has 0 aromatic heterocycles. The van der Waals surface area contributed by atoms with E-state index in [2.05, 4.69) is 4.74 Å². The summed E-state index contributed by atoms with van der Waals surface area (Å²) in [7, 11) is 1.29. The van der Waals surface area contributed by atoms with E-state index in [1.807, 2.05) is 20.8 Å².